The molecule has 0 fully saturated rings. The molecule has 0 radical (unpaired) electrons. The predicted molar refractivity (Wildman–Crippen MR) is 67.4 cm³/mol. The smallest absolute Gasteiger partial charge is 0.221 e. The first kappa shape index (κ1) is 13.2. The normalized spacial score (nSPS) is 10.3. The summed E-state index contributed by atoms with van der Waals surface area (Å²) in [4.78, 5) is 19.3. The molecule has 1 amide bonds. The lowest BCUT2D eigenvalue weighted by Gasteiger charge is -2.08. The molecule has 17 heavy (non-hydrogen) atoms. The monoisotopic (exact) mass is 237 g/mol. The molecule has 1 aromatic heterocycles. The van der Waals surface area contributed by atoms with Gasteiger partial charge in [-0.05, 0) is 5.92 Å². The van der Waals surface area contributed by atoms with Crippen molar-refractivity contribution in [3.63, 3.8) is 0 Å². The molecule has 4 N–H and O–H groups in total. The second kappa shape index (κ2) is 6.67. The summed E-state index contributed by atoms with van der Waals surface area (Å²) in [7, 11) is 0. The summed E-state index contributed by atoms with van der Waals surface area (Å²) in [5.41, 5.74) is 5.41. The first-order chi connectivity index (χ1) is 8.08. The highest BCUT2D eigenvalue weighted by Gasteiger charge is 2.02. The van der Waals surface area contributed by atoms with Crippen LogP contribution in [-0.4, -0.2) is 29.0 Å². The average Bonchev–Trinajstić information content (AvgIpc) is 2.29. The molecule has 1 heterocycles. The lowest BCUT2D eigenvalue weighted by molar-refractivity contribution is -0.120. The Balaban J connectivity index is 2.19. The number of nitrogens with one attached hydrogen (secondary N) is 2. The number of nitrogens with zero attached hydrogens (tertiary/aromatic N) is 2. The molecule has 0 aliphatic rings. The van der Waals surface area contributed by atoms with Gasteiger partial charge in [-0.2, -0.15) is 0 Å². The van der Waals surface area contributed by atoms with E-state index in [4.69, 9.17) is 5.73 Å². The van der Waals surface area contributed by atoms with Gasteiger partial charge in [0.25, 0.3) is 0 Å². The van der Waals surface area contributed by atoms with E-state index in [1.165, 1.54) is 6.20 Å². The van der Waals surface area contributed by atoms with Gasteiger partial charge in [0.1, 0.15) is 11.6 Å². The van der Waals surface area contributed by atoms with Crippen molar-refractivity contribution in [2.45, 2.75) is 20.3 Å². The summed E-state index contributed by atoms with van der Waals surface area (Å²) >= 11 is 0. The van der Waals surface area contributed by atoms with E-state index in [0.717, 1.165) is 0 Å². The molecular weight excluding hydrogens is 218 g/mol. The van der Waals surface area contributed by atoms with Crippen molar-refractivity contribution in [3.05, 3.63) is 12.4 Å². The number of anilines is 2. The van der Waals surface area contributed by atoms with Gasteiger partial charge in [-0.15, -0.1) is 0 Å². The van der Waals surface area contributed by atoms with Gasteiger partial charge in [-0.25, -0.2) is 9.97 Å². The maximum atomic E-state index is 11.4. The number of nitrogen functional groups attached to an aromatic ring is 1. The number of rotatable bonds is 6. The van der Waals surface area contributed by atoms with E-state index < -0.39 is 0 Å². The fourth-order valence-corrected chi connectivity index (χ4v) is 1.14. The van der Waals surface area contributed by atoms with Gasteiger partial charge in [0.05, 0.1) is 12.4 Å². The maximum absolute atomic E-state index is 11.4. The van der Waals surface area contributed by atoms with Crippen LogP contribution in [0.4, 0.5) is 11.6 Å². The van der Waals surface area contributed by atoms with Crippen LogP contribution >= 0.6 is 0 Å². The van der Waals surface area contributed by atoms with Crippen molar-refractivity contribution in [1.29, 1.82) is 0 Å². The van der Waals surface area contributed by atoms with E-state index in [0.29, 0.717) is 37.1 Å². The number of carbonyl (C=O) groups is 1. The molecule has 94 valence electrons. The Morgan fingerprint density at radius 1 is 1.41 bits per heavy atom. The van der Waals surface area contributed by atoms with Crippen molar-refractivity contribution in [3.8, 4) is 0 Å². The summed E-state index contributed by atoms with van der Waals surface area (Å²) < 4.78 is 0. The van der Waals surface area contributed by atoms with Crippen LogP contribution in [0.2, 0.25) is 0 Å². The molecule has 0 bridgehead atoms. The topological polar surface area (TPSA) is 92.9 Å². The van der Waals surface area contributed by atoms with Crippen molar-refractivity contribution in [2.75, 3.05) is 24.1 Å². The van der Waals surface area contributed by atoms with Crippen molar-refractivity contribution >= 4 is 17.5 Å². The van der Waals surface area contributed by atoms with E-state index in [1.54, 1.807) is 6.20 Å². The van der Waals surface area contributed by atoms with Crippen molar-refractivity contribution in [1.82, 2.24) is 15.3 Å². The third-order valence-corrected chi connectivity index (χ3v) is 2.04. The zero-order valence-corrected chi connectivity index (χ0v) is 10.2. The highest BCUT2D eigenvalue weighted by Crippen LogP contribution is 2.01. The SMILES string of the molecule is CC(C)CNC(=O)CCNc1cnc(N)cn1. The second-order valence-corrected chi connectivity index (χ2v) is 4.20. The fourth-order valence-electron chi connectivity index (χ4n) is 1.14. The van der Waals surface area contributed by atoms with Gasteiger partial charge in [0.15, 0.2) is 0 Å². The van der Waals surface area contributed by atoms with Crippen LogP contribution in [0.3, 0.4) is 0 Å². The third kappa shape index (κ3) is 5.70. The molecule has 1 rings (SSSR count). The van der Waals surface area contributed by atoms with E-state index in [2.05, 4.69) is 34.4 Å². The first-order valence-corrected chi connectivity index (χ1v) is 5.66. The number of hydrogen-bond donors (Lipinski definition) is 3. The number of amides is 1. The molecule has 0 unspecified atom stereocenters. The van der Waals surface area contributed by atoms with Crippen LogP contribution in [0.1, 0.15) is 20.3 Å². The van der Waals surface area contributed by atoms with Crippen molar-refractivity contribution in [2.24, 2.45) is 5.92 Å². The summed E-state index contributed by atoms with van der Waals surface area (Å²) in [5, 5.41) is 5.84. The molecule has 6 nitrogen and oxygen atoms in total. The molecule has 6 heteroatoms. The van der Waals surface area contributed by atoms with Crippen LogP contribution in [-0.2, 0) is 4.79 Å². The maximum Gasteiger partial charge on any atom is 0.221 e. The largest absolute Gasteiger partial charge is 0.382 e. The molecule has 0 saturated heterocycles. The lowest BCUT2D eigenvalue weighted by atomic mass is 10.2. The summed E-state index contributed by atoms with van der Waals surface area (Å²) in [5.74, 6) is 1.51. The Labute approximate surface area is 101 Å². The van der Waals surface area contributed by atoms with E-state index in [9.17, 15) is 4.79 Å². The van der Waals surface area contributed by atoms with Gasteiger partial charge in [-0.3, -0.25) is 4.79 Å². The van der Waals surface area contributed by atoms with Gasteiger partial charge < -0.3 is 16.4 Å². The minimum atomic E-state index is 0.0367. The number of nitrogens with two attached hydrogens (primary N) is 1. The summed E-state index contributed by atoms with van der Waals surface area (Å²) in [6.45, 7) is 5.36. The Morgan fingerprint density at radius 3 is 2.76 bits per heavy atom. The third-order valence-electron chi connectivity index (χ3n) is 2.04. The molecule has 0 saturated carbocycles. The molecule has 0 aliphatic carbocycles. The highest BCUT2D eigenvalue weighted by molar-refractivity contribution is 5.76. The first-order valence-electron chi connectivity index (χ1n) is 5.66. The van der Waals surface area contributed by atoms with Crippen LogP contribution in [0.25, 0.3) is 0 Å². The van der Waals surface area contributed by atoms with E-state index in [1.807, 2.05) is 0 Å². The molecular formula is C11H19N5O. The Kier molecular flexibility index (Phi) is 5.19. The fraction of sp³-hybridized carbons (Fsp3) is 0.545. The minimum absolute atomic E-state index is 0.0367. The Morgan fingerprint density at radius 2 is 2.18 bits per heavy atom. The van der Waals surface area contributed by atoms with Crippen LogP contribution in [0, 0.1) is 5.92 Å². The Hall–Kier alpha value is -1.85. The van der Waals surface area contributed by atoms with Gasteiger partial charge in [0, 0.05) is 19.5 Å². The van der Waals surface area contributed by atoms with Crippen LogP contribution in [0.15, 0.2) is 12.4 Å². The summed E-state index contributed by atoms with van der Waals surface area (Å²) in [6.07, 6.45) is 3.43. The van der Waals surface area contributed by atoms with E-state index in [-0.39, 0.29) is 5.91 Å². The van der Waals surface area contributed by atoms with E-state index >= 15 is 0 Å². The number of aromatic nitrogens is 2. The molecule has 0 aliphatic heterocycles. The highest BCUT2D eigenvalue weighted by atomic mass is 16.1. The summed E-state index contributed by atoms with van der Waals surface area (Å²) in [6, 6.07) is 0. The molecule has 0 spiro atoms. The minimum Gasteiger partial charge on any atom is -0.382 e. The van der Waals surface area contributed by atoms with Crippen molar-refractivity contribution < 1.29 is 4.79 Å². The lowest BCUT2D eigenvalue weighted by Crippen LogP contribution is -2.28. The number of hydrogen-bond acceptors (Lipinski definition) is 5. The Bertz CT molecular complexity index is 349. The van der Waals surface area contributed by atoms with Gasteiger partial charge in [0.2, 0.25) is 5.91 Å². The molecule has 0 aromatic carbocycles. The van der Waals surface area contributed by atoms with Crippen LogP contribution < -0.4 is 16.4 Å². The predicted octanol–water partition coefficient (Wildman–Crippen LogP) is 0.633. The average molecular weight is 237 g/mol. The molecule has 0 atom stereocenters. The quantitative estimate of drug-likeness (QED) is 0.675. The number of carbonyl (C=O) groups excluding carboxylic acids is 1. The molecule has 1 aromatic rings. The zero-order chi connectivity index (χ0) is 12.7. The standard InChI is InChI=1S/C11H19N5O/c1-8(2)5-16-11(17)3-4-13-10-7-14-9(12)6-15-10/h6-8H,3-5H2,1-2H3,(H2,12,14)(H,13,15)(H,16,17). The van der Waals surface area contributed by atoms with Gasteiger partial charge in [-0.1, -0.05) is 13.8 Å². The second-order valence-electron chi connectivity index (χ2n) is 4.20. The van der Waals surface area contributed by atoms with Gasteiger partial charge >= 0.3 is 0 Å². The zero-order valence-electron chi connectivity index (χ0n) is 10.2. The van der Waals surface area contributed by atoms with Crippen LogP contribution in [0.5, 0.6) is 0 Å².